The van der Waals surface area contributed by atoms with Crippen LogP contribution in [0.25, 0.3) is 6.08 Å². The van der Waals surface area contributed by atoms with Crippen LogP contribution in [0.3, 0.4) is 0 Å². The molecule has 2 aromatic rings. The van der Waals surface area contributed by atoms with Crippen molar-refractivity contribution in [2.75, 3.05) is 29.2 Å². The Morgan fingerprint density at radius 1 is 1.34 bits per heavy atom. The molecule has 1 aromatic heterocycles. The van der Waals surface area contributed by atoms with Crippen LogP contribution in [-0.2, 0) is 19.4 Å². The van der Waals surface area contributed by atoms with Crippen LogP contribution < -0.4 is 9.64 Å². The third-order valence-electron chi connectivity index (χ3n) is 5.45. The maximum Gasteiger partial charge on any atom is 0.387 e. The lowest BCUT2D eigenvalue weighted by Crippen LogP contribution is -2.39. The van der Waals surface area contributed by atoms with Gasteiger partial charge in [-0.2, -0.15) is 8.78 Å². The van der Waals surface area contributed by atoms with Gasteiger partial charge in [-0.15, -0.1) is 0 Å². The van der Waals surface area contributed by atoms with E-state index >= 15 is 0 Å². The van der Waals surface area contributed by atoms with Crippen molar-refractivity contribution in [2.24, 2.45) is 4.99 Å². The third-order valence-corrected chi connectivity index (χ3v) is 8.12. The molecule has 2 aliphatic rings. The largest absolute Gasteiger partial charge is 0.465 e. The lowest BCUT2D eigenvalue weighted by Gasteiger charge is -2.24. The van der Waals surface area contributed by atoms with Crippen molar-refractivity contribution in [1.29, 1.82) is 0 Å². The van der Waals surface area contributed by atoms with Gasteiger partial charge in [0.1, 0.15) is 17.2 Å². The van der Waals surface area contributed by atoms with Gasteiger partial charge in [-0.25, -0.2) is 13.4 Å². The highest BCUT2D eigenvalue weighted by Crippen LogP contribution is 2.31. The van der Waals surface area contributed by atoms with Crippen molar-refractivity contribution < 1.29 is 35.9 Å². The Morgan fingerprint density at radius 3 is 2.69 bits per heavy atom. The van der Waals surface area contributed by atoms with Gasteiger partial charge in [-0.05, 0) is 42.8 Å². The molecule has 0 N–H and O–H groups in total. The number of thioether (sulfide) groups is 1. The zero-order valence-electron chi connectivity index (χ0n) is 18.5. The molecule has 186 valence electrons. The number of carbonyl (C=O) groups is 2. The number of hydrogen-bond acceptors (Lipinski definition) is 8. The predicted octanol–water partition coefficient (Wildman–Crippen LogP) is 3.00. The molecule has 2 aliphatic heterocycles. The molecule has 3 heterocycles. The molecule has 9 nitrogen and oxygen atoms in total. The van der Waals surface area contributed by atoms with Crippen LogP contribution in [0.2, 0.25) is 0 Å². The van der Waals surface area contributed by atoms with Crippen LogP contribution in [0.5, 0.6) is 5.75 Å². The lowest BCUT2D eigenvalue weighted by molar-refractivity contribution is -0.128. The molecule has 0 spiro atoms. The average Bonchev–Trinajstić information content (AvgIpc) is 3.52. The second-order valence-electron chi connectivity index (χ2n) is 7.80. The van der Waals surface area contributed by atoms with Crippen LogP contribution in [-0.4, -0.2) is 67.3 Å². The fraction of sp³-hybridized carbons (Fsp3) is 0.318. The minimum Gasteiger partial charge on any atom is -0.465 e. The first-order valence-corrected chi connectivity index (χ1v) is 13.3. The normalized spacial score (nSPS) is 20.5. The minimum atomic E-state index is -3.15. The van der Waals surface area contributed by atoms with Gasteiger partial charge in [-0.3, -0.25) is 14.5 Å². The molecule has 0 saturated carbocycles. The zero-order chi connectivity index (χ0) is 25.2. The molecule has 1 aromatic carbocycles. The van der Waals surface area contributed by atoms with Gasteiger partial charge in [0, 0.05) is 19.2 Å². The number of sulfone groups is 1. The van der Waals surface area contributed by atoms with E-state index in [0.29, 0.717) is 17.9 Å². The molecule has 1 atom stereocenters. The molecule has 0 bridgehead atoms. The van der Waals surface area contributed by atoms with E-state index in [1.165, 1.54) is 46.4 Å². The Kier molecular flexibility index (Phi) is 7.26. The van der Waals surface area contributed by atoms with E-state index in [0.717, 1.165) is 11.8 Å². The van der Waals surface area contributed by atoms with Gasteiger partial charge in [0.15, 0.2) is 15.0 Å². The number of amidine groups is 1. The Hall–Kier alpha value is -3.19. The SMILES string of the molecule is CN(C(=O)CSC1=N/C(=C/c2ccco2)C(=O)N1c1ccc(OC(F)F)cc1)C1CCS(=O)(=O)C1. The second-order valence-corrected chi connectivity index (χ2v) is 11.0. The van der Waals surface area contributed by atoms with E-state index < -0.39 is 28.4 Å². The van der Waals surface area contributed by atoms with E-state index in [1.807, 2.05) is 0 Å². The smallest absolute Gasteiger partial charge is 0.387 e. The number of rotatable bonds is 7. The third kappa shape index (κ3) is 5.90. The number of halogens is 2. The summed E-state index contributed by atoms with van der Waals surface area (Å²) in [5.74, 6) is -0.585. The fourth-order valence-electron chi connectivity index (χ4n) is 3.62. The number of hydrogen-bond donors (Lipinski definition) is 0. The Bertz CT molecular complexity index is 1260. The van der Waals surface area contributed by atoms with Crippen LogP contribution in [0.1, 0.15) is 12.2 Å². The number of benzene rings is 1. The summed E-state index contributed by atoms with van der Waals surface area (Å²) in [7, 11) is -1.60. The van der Waals surface area contributed by atoms with Gasteiger partial charge >= 0.3 is 6.61 Å². The topological polar surface area (TPSA) is 109 Å². The molecule has 2 amide bonds. The first-order valence-electron chi connectivity index (χ1n) is 10.4. The maximum absolute atomic E-state index is 13.1. The summed E-state index contributed by atoms with van der Waals surface area (Å²) in [6.45, 7) is -2.98. The van der Waals surface area contributed by atoms with Crippen molar-refractivity contribution in [1.82, 2.24) is 4.90 Å². The molecule has 0 aliphatic carbocycles. The summed E-state index contributed by atoms with van der Waals surface area (Å²) < 4.78 is 58.1. The van der Waals surface area contributed by atoms with Gasteiger partial charge in [0.25, 0.3) is 5.91 Å². The van der Waals surface area contributed by atoms with Gasteiger partial charge in [-0.1, -0.05) is 11.8 Å². The van der Waals surface area contributed by atoms with E-state index in [4.69, 9.17) is 4.42 Å². The lowest BCUT2D eigenvalue weighted by atomic mass is 10.2. The summed E-state index contributed by atoms with van der Waals surface area (Å²) >= 11 is 1.01. The number of furan rings is 1. The first kappa shape index (κ1) is 24.9. The summed E-state index contributed by atoms with van der Waals surface area (Å²) in [5, 5.41) is 0.205. The highest BCUT2D eigenvalue weighted by molar-refractivity contribution is 8.14. The number of alkyl halides is 2. The van der Waals surface area contributed by atoms with Crippen molar-refractivity contribution >= 4 is 50.3 Å². The van der Waals surface area contributed by atoms with E-state index in [1.54, 1.807) is 19.2 Å². The predicted molar refractivity (Wildman–Crippen MR) is 127 cm³/mol. The van der Waals surface area contributed by atoms with E-state index in [2.05, 4.69) is 9.73 Å². The number of ether oxygens (including phenoxy) is 1. The van der Waals surface area contributed by atoms with Crippen LogP contribution in [0.4, 0.5) is 14.5 Å². The Balaban J connectivity index is 1.53. The molecule has 1 fully saturated rings. The fourth-order valence-corrected chi connectivity index (χ4v) is 6.33. The molecule has 1 unspecified atom stereocenters. The van der Waals surface area contributed by atoms with Crippen LogP contribution >= 0.6 is 11.8 Å². The summed E-state index contributed by atoms with van der Waals surface area (Å²) in [5.41, 5.74) is 0.409. The number of anilines is 1. The number of amides is 2. The minimum absolute atomic E-state index is 0.0453. The molecule has 13 heteroatoms. The summed E-state index contributed by atoms with van der Waals surface area (Å²) in [6, 6.07) is 8.36. The molecular weight excluding hydrogens is 504 g/mol. The Morgan fingerprint density at radius 2 is 2.09 bits per heavy atom. The van der Waals surface area contributed by atoms with Crippen LogP contribution in [0.15, 0.2) is 57.8 Å². The van der Waals surface area contributed by atoms with Crippen molar-refractivity contribution in [2.45, 2.75) is 19.1 Å². The molecule has 4 rings (SSSR count). The highest BCUT2D eigenvalue weighted by Gasteiger charge is 2.35. The monoisotopic (exact) mass is 525 g/mol. The summed E-state index contributed by atoms with van der Waals surface area (Å²) in [6.07, 6.45) is 3.28. The van der Waals surface area contributed by atoms with Gasteiger partial charge in [0.2, 0.25) is 5.91 Å². The number of carbonyl (C=O) groups excluding carboxylic acids is 2. The van der Waals surface area contributed by atoms with Crippen molar-refractivity contribution in [3.05, 3.63) is 54.1 Å². The van der Waals surface area contributed by atoms with Gasteiger partial charge in [0.05, 0.1) is 29.2 Å². The van der Waals surface area contributed by atoms with Crippen molar-refractivity contribution in [3.63, 3.8) is 0 Å². The summed E-state index contributed by atoms with van der Waals surface area (Å²) in [4.78, 5) is 32.9. The maximum atomic E-state index is 13.1. The molecular formula is C22H21F2N3O6S2. The average molecular weight is 526 g/mol. The quantitative estimate of drug-likeness (QED) is 0.511. The number of nitrogens with zero attached hydrogens (tertiary/aromatic N) is 3. The highest BCUT2D eigenvalue weighted by atomic mass is 32.2. The van der Waals surface area contributed by atoms with Crippen LogP contribution in [0, 0.1) is 0 Å². The molecule has 35 heavy (non-hydrogen) atoms. The van der Waals surface area contributed by atoms with E-state index in [-0.39, 0.29) is 39.8 Å². The Labute approximate surface area is 204 Å². The molecule has 0 radical (unpaired) electrons. The molecule has 1 saturated heterocycles. The standard InChI is InChI=1S/C22H21F2N3O6S2/c1-26(15-8-10-35(30,31)13-15)19(28)12-34-22-25-18(11-17-3-2-9-32-17)20(29)27(22)14-4-6-16(7-5-14)33-21(23)24/h2-7,9,11,15,21H,8,10,12-13H2,1H3/b18-11+. The first-order chi connectivity index (χ1) is 16.6. The van der Waals surface area contributed by atoms with Gasteiger partial charge < -0.3 is 14.1 Å². The van der Waals surface area contributed by atoms with E-state index in [9.17, 15) is 26.8 Å². The van der Waals surface area contributed by atoms with Crippen molar-refractivity contribution in [3.8, 4) is 5.75 Å². The zero-order valence-corrected chi connectivity index (χ0v) is 20.1. The second kappa shape index (κ2) is 10.2. The number of aliphatic imine (C=N–C) groups is 1.